The highest BCUT2D eigenvalue weighted by Crippen LogP contribution is 2.36. The van der Waals surface area contributed by atoms with E-state index in [0.717, 1.165) is 35.0 Å². The highest BCUT2D eigenvalue weighted by molar-refractivity contribution is 6.05. The predicted octanol–water partition coefficient (Wildman–Crippen LogP) is 4.88. The molecule has 2 aliphatic rings. The molecule has 2 aromatic heterocycles. The highest BCUT2D eigenvalue weighted by Gasteiger charge is 2.30. The molecule has 0 radical (unpaired) electrons. The molecule has 0 unspecified atom stereocenters. The summed E-state index contributed by atoms with van der Waals surface area (Å²) in [6.45, 7) is 10.4. The molecular weight excluding hydrogens is 440 g/mol. The molecule has 1 aliphatic heterocycles. The minimum absolute atomic E-state index is 0.255. The van der Waals surface area contributed by atoms with E-state index in [-0.39, 0.29) is 6.09 Å². The number of amides is 1. The van der Waals surface area contributed by atoms with Crippen LogP contribution in [0.3, 0.4) is 0 Å². The smallest absolute Gasteiger partial charge is 0.410 e. The third-order valence-corrected chi connectivity index (χ3v) is 6.37. The zero-order chi connectivity index (χ0) is 24.6. The molecule has 0 atom stereocenters. The van der Waals surface area contributed by atoms with Crippen LogP contribution in [0.15, 0.2) is 47.6 Å². The van der Waals surface area contributed by atoms with E-state index in [1.807, 2.05) is 43.6 Å². The predicted molar refractivity (Wildman–Crippen MR) is 138 cm³/mol. The van der Waals surface area contributed by atoms with Gasteiger partial charge in [-0.3, -0.25) is 0 Å². The van der Waals surface area contributed by atoms with E-state index in [9.17, 15) is 4.79 Å². The third-order valence-electron chi connectivity index (χ3n) is 6.37. The molecule has 1 amide bonds. The molecule has 35 heavy (non-hydrogen) atoms. The van der Waals surface area contributed by atoms with Gasteiger partial charge in [-0.15, -0.1) is 0 Å². The molecule has 5 rings (SSSR count). The molecule has 0 bridgehead atoms. The quantitative estimate of drug-likeness (QED) is 0.493. The van der Waals surface area contributed by atoms with Crippen molar-refractivity contribution in [3.05, 3.63) is 53.9 Å². The molecular formula is C27H34N6O2. The van der Waals surface area contributed by atoms with Gasteiger partial charge in [-0.1, -0.05) is 37.3 Å². The Hall–Kier alpha value is -3.42. The van der Waals surface area contributed by atoms with E-state index in [0.29, 0.717) is 32.1 Å². The number of ether oxygens (including phenoxy) is 1. The Balaban J connectivity index is 1.42. The second-order valence-corrected chi connectivity index (χ2v) is 10.3. The van der Waals surface area contributed by atoms with Crippen molar-refractivity contribution in [1.29, 1.82) is 0 Å². The SMILES string of the molecule is CCc1nn2ccc(N3CCN(C(=O)OC(C)(C)C)CC3)nc2c1N=C(c1ccccc1)C1CC1. The maximum absolute atomic E-state index is 12.4. The summed E-state index contributed by atoms with van der Waals surface area (Å²) in [5.41, 5.74) is 4.42. The Morgan fingerprint density at radius 3 is 2.43 bits per heavy atom. The van der Waals surface area contributed by atoms with Gasteiger partial charge < -0.3 is 14.5 Å². The van der Waals surface area contributed by atoms with Crippen molar-refractivity contribution in [2.45, 2.75) is 52.6 Å². The van der Waals surface area contributed by atoms with E-state index in [2.05, 4.69) is 36.1 Å². The largest absolute Gasteiger partial charge is 0.444 e. The lowest BCUT2D eigenvalue weighted by atomic mass is 10.1. The summed E-state index contributed by atoms with van der Waals surface area (Å²) in [5, 5.41) is 4.77. The number of aromatic nitrogens is 3. The minimum Gasteiger partial charge on any atom is -0.444 e. The Morgan fingerprint density at radius 2 is 1.80 bits per heavy atom. The number of hydrogen-bond donors (Lipinski definition) is 0. The number of nitrogens with zero attached hydrogens (tertiary/aromatic N) is 6. The standard InChI is InChI=1S/C27H34N6O2/c1-5-21-24(29-23(20-11-12-20)19-9-7-6-8-10-19)25-28-22(13-14-33(25)30-21)31-15-17-32(18-16-31)26(34)35-27(2,3)4/h6-10,13-14,20H,5,11-12,15-18H2,1-4H3. The van der Waals surface area contributed by atoms with E-state index >= 15 is 0 Å². The molecule has 184 valence electrons. The molecule has 0 spiro atoms. The van der Waals surface area contributed by atoms with E-state index in [1.54, 1.807) is 4.90 Å². The van der Waals surface area contributed by atoms with Gasteiger partial charge in [0, 0.05) is 38.3 Å². The molecule has 1 saturated carbocycles. The number of fused-ring (bicyclic) bond motifs is 1. The van der Waals surface area contributed by atoms with Crippen molar-refractivity contribution in [2.24, 2.45) is 10.9 Å². The number of rotatable bonds is 5. The Bertz CT molecular complexity index is 1230. The molecule has 3 aromatic rings. The first-order chi connectivity index (χ1) is 16.8. The maximum atomic E-state index is 12.4. The summed E-state index contributed by atoms with van der Waals surface area (Å²) in [5.74, 6) is 1.38. The van der Waals surface area contributed by atoms with Crippen molar-refractivity contribution in [1.82, 2.24) is 19.5 Å². The Kier molecular flexibility index (Phi) is 6.21. The van der Waals surface area contributed by atoms with E-state index < -0.39 is 5.60 Å². The van der Waals surface area contributed by atoms with Crippen molar-refractivity contribution < 1.29 is 9.53 Å². The van der Waals surface area contributed by atoms with Crippen LogP contribution in [-0.2, 0) is 11.2 Å². The normalized spacial score (nSPS) is 17.2. The second-order valence-electron chi connectivity index (χ2n) is 10.3. The monoisotopic (exact) mass is 474 g/mol. The average Bonchev–Trinajstić information content (AvgIpc) is 3.63. The molecule has 8 nitrogen and oxygen atoms in total. The number of carbonyl (C=O) groups excluding carboxylic acids is 1. The van der Waals surface area contributed by atoms with Crippen LogP contribution in [0.25, 0.3) is 5.65 Å². The van der Waals surface area contributed by atoms with Gasteiger partial charge in [0.2, 0.25) is 0 Å². The van der Waals surface area contributed by atoms with Gasteiger partial charge >= 0.3 is 6.09 Å². The van der Waals surface area contributed by atoms with Crippen LogP contribution >= 0.6 is 0 Å². The summed E-state index contributed by atoms with van der Waals surface area (Å²) in [6, 6.07) is 12.4. The van der Waals surface area contributed by atoms with E-state index in [4.69, 9.17) is 19.8 Å². The van der Waals surface area contributed by atoms with Crippen molar-refractivity contribution in [3.63, 3.8) is 0 Å². The first kappa shape index (κ1) is 23.3. The number of aryl methyl sites for hydroxylation is 1. The van der Waals surface area contributed by atoms with Crippen molar-refractivity contribution in [3.8, 4) is 0 Å². The fourth-order valence-electron chi connectivity index (χ4n) is 4.40. The maximum Gasteiger partial charge on any atom is 0.410 e. The summed E-state index contributed by atoms with van der Waals surface area (Å²) < 4.78 is 7.37. The third kappa shape index (κ3) is 5.16. The van der Waals surface area contributed by atoms with Crippen LogP contribution < -0.4 is 4.90 Å². The number of piperazine rings is 1. The van der Waals surface area contributed by atoms with Gasteiger partial charge in [0.15, 0.2) is 5.65 Å². The number of carbonyl (C=O) groups is 1. The highest BCUT2D eigenvalue weighted by atomic mass is 16.6. The minimum atomic E-state index is -0.490. The second kappa shape index (κ2) is 9.32. The zero-order valence-electron chi connectivity index (χ0n) is 21.1. The Morgan fingerprint density at radius 1 is 1.09 bits per heavy atom. The first-order valence-electron chi connectivity index (χ1n) is 12.6. The van der Waals surface area contributed by atoms with Crippen LogP contribution in [-0.4, -0.2) is 63.1 Å². The summed E-state index contributed by atoms with van der Waals surface area (Å²) in [7, 11) is 0. The average molecular weight is 475 g/mol. The Labute approximate surface area is 206 Å². The van der Waals surface area contributed by atoms with Crippen LogP contribution in [0.4, 0.5) is 16.3 Å². The van der Waals surface area contributed by atoms with Crippen molar-refractivity contribution >= 4 is 29.0 Å². The van der Waals surface area contributed by atoms with Gasteiger partial charge in [-0.05, 0) is 51.7 Å². The molecule has 0 N–H and O–H groups in total. The van der Waals surface area contributed by atoms with Gasteiger partial charge in [0.1, 0.15) is 17.1 Å². The topological polar surface area (TPSA) is 75.3 Å². The van der Waals surface area contributed by atoms with Gasteiger partial charge in [0.25, 0.3) is 0 Å². The molecule has 1 saturated heterocycles. The van der Waals surface area contributed by atoms with Crippen LogP contribution in [0.2, 0.25) is 0 Å². The molecule has 2 fully saturated rings. The summed E-state index contributed by atoms with van der Waals surface area (Å²) in [4.78, 5) is 26.6. The van der Waals surface area contributed by atoms with Crippen LogP contribution in [0.1, 0.15) is 51.8 Å². The van der Waals surface area contributed by atoms with Gasteiger partial charge in [0.05, 0.1) is 11.4 Å². The molecule has 1 aliphatic carbocycles. The lowest BCUT2D eigenvalue weighted by Crippen LogP contribution is -2.50. The van der Waals surface area contributed by atoms with Crippen LogP contribution in [0.5, 0.6) is 0 Å². The number of benzene rings is 1. The fourth-order valence-corrected chi connectivity index (χ4v) is 4.40. The molecule has 8 heteroatoms. The number of aliphatic imine (C=N–C) groups is 1. The number of anilines is 1. The fraction of sp³-hybridized carbons (Fsp3) is 0.481. The number of hydrogen-bond acceptors (Lipinski definition) is 6. The van der Waals surface area contributed by atoms with E-state index in [1.165, 1.54) is 18.4 Å². The molecule has 1 aromatic carbocycles. The van der Waals surface area contributed by atoms with Crippen LogP contribution in [0, 0.1) is 5.92 Å². The lowest BCUT2D eigenvalue weighted by Gasteiger charge is -2.36. The van der Waals surface area contributed by atoms with Crippen molar-refractivity contribution in [2.75, 3.05) is 31.1 Å². The summed E-state index contributed by atoms with van der Waals surface area (Å²) >= 11 is 0. The molecule has 3 heterocycles. The lowest BCUT2D eigenvalue weighted by molar-refractivity contribution is 0.0240. The summed E-state index contributed by atoms with van der Waals surface area (Å²) in [6.07, 6.45) is 4.85. The zero-order valence-corrected chi connectivity index (χ0v) is 21.1. The first-order valence-corrected chi connectivity index (χ1v) is 12.6. The van der Waals surface area contributed by atoms with Gasteiger partial charge in [-0.25, -0.2) is 19.3 Å². The van der Waals surface area contributed by atoms with Gasteiger partial charge in [-0.2, -0.15) is 5.10 Å².